The monoisotopic (exact) mass is 284 g/mol. The van der Waals surface area contributed by atoms with Crippen LogP contribution in [0.5, 0.6) is 0 Å². The summed E-state index contributed by atoms with van der Waals surface area (Å²) in [5.41, 5.74) is -0.352. The van der Waals surface area contributed by atoms with Crippen LogP contribution in [-0.2, 0) is 9.47 Å². The Morgan fingerprint density at radius 2 is 2.00 bits per heavy atom. The first kappa shape index (κ1) is 16.3. The Bertz CT molecular complexity index is 293. The Kier molecular flexibility index (Phi) is 5.49. The van der Waals surface area contributed by atoms with Gasteiger partial charge in [-0.2, -0.15) is 0 Å². The van der Waals surface area contributed by atoms with Crippen molar-refractivity contribution in [2.24, 2.45) is 5.92 Å². The normalized spacial score (nSPS) is 30.9. The minimum Gasteiger partial charge on any atom is -0.390 e. The molecule has 3 unspecified atom stereocenters. The van der Waals surface area contributed by atoms with E-state index in [1.54, 1.807) is 0 Å². The SMILES string of the molecule is CCOC(C)(CC)C(O)C1CCOC2(CCCCC2)C1. The van der Waals surface area contributed by atoms with Crippen molar-refractivity contribution in [3.8, 4) is 0 Å². The second-order valence-corrected chi connectivity index (χ2v) is 6.89. The topological polar surface area (TPSA) is 38.7 Å². The molecular formula is C17H32O3. The fourth-order valence-electron chi connectivity index (χ4n) is 4.10. The Hall–Kier alpha value is -0.120. The van der Waals surface area contributed by atoms with E-state index in [-0.39, 0.29) is 11.7 Å². The van der Waals surface area contributed by atoms with Gasteiger partial charge in [-0.3, -0.25) is 0 Å². The lowest BCUT2D eigenvalue weighted by Gasteiger charge is -2.47. The standard InChI is InChI=1S/C17H32O3/c1-4-16(3,19-5-2)15(18)14-9-12-20-17(13-14)10-7-6-8-11-17/h14-15,18H,4-13H2,1-3H3. The van der Waals surface area contributed by atoms with E-state index in [1.165, 1.54) is 32.1 Å². The van der Waals surface area contributed by atoms with Crippen LogP contribution < -0.4 is 0 Å². The van der Waals surface area contributed by atoms with Crippen molar-refractivity contribution >= 4 is 0 Å². The first-order valence-corrected chi connectivity index (χ1v) is 8.51. The van der Waals surface area contributed by atoms with Crippen LogP contribution >= 0.6 is 0 Å². The summed E-state index contributed by atoms with van der Waals surface area (Å²) in [5, 5.41) is 10.9. The van der Waals surface area contributed by atoms with E-state index < -0.39 is 5.60 Å². The Balaban J connectivity index is 2.03. The molecule has 0 aromatic heterocycles. The van der Waals surface area contributed by atoms with Gasteiger partial charge < -0.3 is 14.6 Å². The molecule has 1 heterocycles. The molecule has 0 aromatic rings. The molecule has 2 aliphatic rings. The van der Waals surface area contributed by atoms with E-state index in [0.717, 1.165) is 25.9 Å². The molecule has 0 radical (unpaired) electrons. The summed E-state index contributed by atoms with van der Waals surface area (Å²) in [5.74, 6) is 0.318. The number of hydrogen-bond acceptors (Lipinski definition) is 3. The molecule has 20 heavy (non-hydrogen) atoms. The third-order valence-electron chi connectivity index (χ3n) is 5.54. The van der Waals surface area contributed by atoms with Gasteiger partial charge in [0.25, 0.3) is 0 Å². The lowest BCUT2D eigenvalue weighted by molar-refractivity contribution is -0.177. The molecular weight excluding hydrogens is 252 g/mol. The summed E-state index contributed by atoms with van der Waals surface area (Å²) in [6, 6.07) is 0. The molecule has 2 fully saturated rings. The maximum Gasteiger partial charge on any atom is 0.0912 e. The van der Waals surface area contributed by atoms with E-state index >= 15 is 0 Å². The lowest BCUT2D eigenvalue weighted by atomic mass is 9.72. The maximum atomic E-state index is 10.9. The van der Waals surface area contributed by atoms with Crippen molar-refractivity contribution in [2.75, 3.05) is 13.2 Å². The van der Waals surface area contributed by atoms with Crippen LogP contribution in [0.15, 0.2) is 0 Å². The minimum atomic E-state index is -0.410. The predicted octanol–water partition coefficient (Wildman–Crippen LogP) is 3.68. The van der Waals surface area contributed by atoms with Gasteiger partial charge in [0.1, 0.15) is 0 Å². The zero-order chi connectivity index (χ0) is 14.6. The smallest absolute Gasteiger partial charge is 0.0912 e. The maximum absolute atomic E-state index is 10.9. The van der Waals surface area contributed by atoms with Crippen molar-refractivity contribution < 1.29 is 14.6 Å². The van der Waals surface area contributed by atoms with Crippen molar-refractivity contribution in [2.45, 2.75) is 89.4 Å². The van der Waals surface area contributed by atoms with E-state index in [9.17, 15) is 5.11 Å². The second kappa shape index (κ2) is 6.76. The van der Waals surface area contributed by atoms with Gasteiger partial charge in [-0.15, -0.1) is 0 Å². The van der Waals surface area contributed by atoms with Crippen LogP contribution in [0.2, 0.25) is 0 Å². The van der Waals surface area contributed by atoms with Gasteiger partial charge in [0.2, 0.25) is 0 Å². The zero-order valence-corrected chi connectivity index (χ0v) is 13.5. The summed E-state index contributed by atoms with van der Waals surface area (Å²) in [7, 11) is 0. The Labute approximate surface area is 124 Å². The highest BCUT2D eigenvalue weighted by Gasteiger charge is 2.45. The molecule has 1 saturated carbocycles. The first-order chi connectivity index (χ1) is 9.55. The van der Waals surface area contributed by atoms with Crippen molar-refractivity contribution in [1.29, 1.82) is 0 Å². The average molecular weight is 284 g/mol. The molecule has 1 aliphatic heterocycles. The number of rotatable bonds is 5. The molecule has 3 heteroatoms. The number of aliphatic hydroxyl groups excluding tert-OH is 1. The predicted molar refractivity (Wildman–Crippen MR) is 80.8 cm³/mol. The first-order valence-electron chi connectivity index (χ1n) is 8.51. The molecule has 1 spiro atoms. The molecule has 1 N–H and O–H groups in total. The second-order valence-electron chi connectivity index (χ2n) is 6.89. The average Bonchev–Trinajstić information content (AvgIpc) is 2.47. The van der Waals surface area contributed by atoms with E-state index in [2.05, 4.69) is 13.8 Å². The van der Waals surface area contributed by atoms with Gasteiger partial charge in [-0.05, 0) is 51.9 Å². The Morgan fingerprint density at radius 3 is 2.60 bits per heavy atom. The van der Waals surface area contributed by atoms with Gasteiger partial charge in [0.05, 0.1) is 17.3 Å². The van der Waals surface area contributed by atoms with E-state index in [4.69, 9.17) is 9.47 Å². The third kappa shape index (κ3) is 3.37. The van der Waals surface area contributed by atoms with Gasteiger partial charge in [-0.1, -0.05) is 26.2 Å². The van der Waals surface area contributed by atoms with Gasteiger partial charge >= 0.3 is 0 Å². The molecule has 1 saturated heterocycles. The molecule has 3 nitrogen and oxygen atoms in total. The van der Waals surface area contributed by atoms with Gasteiger partial charge in [0.15, 0.2) is 0 Å². The molecule has 3 atom stereocenters. The van der Waals surface area contributed by atoms with Crippen LogP contribution in [0.4, 0.5) is 0 Å². The van der Waals surface area contributed by atoms with Gasteiger partial charge in [0, 0.05) is 13.2 Å². The highest BCUT2D eigenvalue weighted by molar-refractivity contribution is 4.96. The quantitative estimate of drug-likeness (QED) is 0.837. The lowest BCUT2D eigenvalue weighted by Crippen LogP contribution is -2.51. The number of hydrogen-bond donors (Lipinski definition) is 1. The highest BCUT2D eigenvalue weighted by atomic mass is 16.5. The van der Waals surface area contributed by atoms with Crippen LogP contribution in [0.3, 0.4) is 0 Å². The summed E-state index contributed by atoms with van der Waals surface area (Å²) in [4.78, 5) is 0. The zero-order valence-electron chi connectivity index (χ0n) is 13.5. The Morgan fingerprint density at radius 1 is 1.30 bits per heavy atom. The van der Waals surface area contributed by atoms with Crippen LogP contribution in [-0.4, -0.2) is 35.6 Å². The summed E-state index contributed by atoms with van der Waals surface area (Å²) in [6.07, 6.45) is 8.69. The fraction of sp³-hybridized carbons (Fsp3) is 1.00. The van der Waals surface area contributed by atoms with Crippen molar-refractivity contribution in [3.05, 3.63) is 0 Å². The van der Waals surface area contributed by atoms with Crippen molar-refractivity contribution in [3.63, 3.8) is 0 Å². The van der Waals surface area contributed by atoms with Gasteiger partial charge in [-0.25, -0.2) is 0 Å². The van der Waals surface area contributed by atoms with Crippen molar-refractivity contribution in [1.82, 2.24) is 0 Å². The number of ether oxygens (including phenoxy) is 2. The molecule has 0 amide bonds. The summed E-state index contributed by atoms with van der Waals surface area (Å²) < 4.78 is 12.0. The molecule has 1 aliphatic carbocycles. The van der Waals surface area contributed by atoms with E-state index in [1.807, 2.05) is 6.92 Å². The third-order valence-corrected chi connectivity index (χ3v) is 5.54. The van der Waals surface area contributed by atoms with Crippen LogP contribution in [0, 0.1) is 5.92 Å². The molecule has 0 bridgehead atoms. The fourth-order valence-corrected chi connectivity index (χ4v) is 4.10. The minimum absolute atomic E-state index is 0.0585. The molecule has 118 valence electrons. The van der Waals surface area contributed by atoms with Crippen LogP contribution in [0.25, 0.3) is 0 Å². The summed E-state index contributed by atoms with van der Waals surface area (Å²) >= 11 is 0. The molecule has 0 aromatic carbocycles. The molecule has 2 rings (SSSR count). The van der Waals surface area contributed by atoms with E-state index in [0.29, 0.717) is 12.5 Å². The highest BCUT2D eigenvalue weighted by Crippen LogP contribution is 2.43. The largest absolute Gasteiger partial charge is 0.390 e. The van der Waals surface area contributed by atoms with Crippen LogP contribution in [0.1, 0.15) is 72.1 Å². The summed E-state index contributed by atoms with van der Waals surface area (Å²) in [6.45, 7) is 7.63. The number of aliphatic hydroxyl groups is 1.